The van der Waals surface area contributed by atoms with Gasteiger partial charge in [-0.15, -0.1) is 0 Å². The van der Waals surface area contributed by atoms with E-state index in [-0.39, 0.29) is 0 Å². The molecule has 0 aliphatic carbocycles. The number of H-pyrrole nitrogens is 1. The molecule has 0 aliphatic heterocycles. The quantitative estimate of drug-likeness (QED) is 0.640. The van der Waals surface area contributed by atoms with E-state index in [1.165, 1.54) is 3.57 Å². The van der Waals surface area contributed by atoms with Crippen LogP contribution in [0.1, 0.15) is 0 Å². The average Bonchev–Trinajstić information content (AvgIpc) is 2.41. The number of hydrogen-bond acceptors (Lipinski definition) is 1. The van der Waals surface area contributed by atoms with E-state index in [4.69, 9.17) is 23.8 Å². The van der Waals surface area contributed by atoms with Crippen LogP contribution in [0, 0.1) is 8.34 Å². The number of imidazole rings is 1. The molecule has 0 aliphatic rings. The predicted octanol–water partition coefficient (Wildman–Crippen LogP) is 4.06. The van der Waals surface area contributed by atoms with Crippen LogP contribution in [0.4, 0.5) is 0 Å². The number of hydrogen-bond donors (Lipinski definition) is 1. The lowest BCUT2D eigenvalue weighted by atomic mass is 10.3. The van der Waals surface area contributed by atoms with Gasteiger partial charge in [-0.3, -0.25) is 0 Å². The summed E-state index contributed by atoms with van der Waals surface area (Å²) in [7, 11) is 0. The molecule has 2 rings (SSSR count). The minimum Gasteiger partial charge on any atom is -0.331 e. The Hall–Kier alpha value is -0.330. The number of aromatic nitrogens is 2. The second-order valence-corrected chi connectivity index (χ2v) is 5.36. The Kier molecular flexibility index (Phi) is 3.18. The molecule has 5 heteroatoms. The molecule has 78 valence electrons. The van der Waals surface area contributed by atoms with Crippen LogP contribution >= 0.6 is 46.4 Å². The SMILES string of the molecule is C=C(Cl)Cn1c(=S)[nH]c2cc(I)ccc21. The molecule has 2 aromatic rings. The monoisotopic (exact) mass is 350 g/mol. The van der Waals surface area contributed by atoms with Gasteiger partial charge in [-0.05, 0) is 53.0 Å². The van der Waals surface area contributed by atoms with E-state index in [0.29, 0.717) is 16.3 Å². The van der Waals surface area contributed by atoms with E-state index in [1.54, 1.807) is 0 Å². The maximum Gasteiger partial charge on any atom is 0.178 e. The van der Waals surface area contributed by atoms with Crippen LogP contribution in [0.15, 0.2) is 29.8 Å². The van der Waals surface area contributed by atoms with Crippen LogP contribution in [0.5, 0.6) is 0 Å². The Morgan fingerprint density at radius 3 is 3.00 bits per heavy atom. The molecule has 1 aromatic carbocycles. The third-order valence-corrected chi connectivity index (χ3v) is 3.18. The van der Waals surface area contributed by atoms with E-state index in [9.17, 15) is 0 Å². The Bertz CT molecular complexity index is 585. The molecule has 1 heterocycles. The molecule has 0 spiro atoms. The Balaban J connectivity index is 2.68. The van der Waals surface area contributed by atoms with Gasteiger partial charge in [0.1, 0.15) is 0 Å². The molecule has 0 radical (unpaired) electrons. The van der Waals surface area contributed by atoms with Gasteiger partial charge < -0.3 is 9.55 Å². The molecule has 0 bridgehead atoms. The number of nitrogens with zero attached hydrogens (tertiary/aromatic N) is 1. The van der Waals surface area contributed by atoms with E-state index in [0.717, 1.165) is 11.0 Å². The first-order valence-corrected chi connectivity index (χ1v) is 6.16. The predicted molar refractivity (Wildman–Crippen MR) is 74.8 cm³/mol. The minimum absolute atomic E-state index is 0.543. The zero-order chi connectivity index (χ0) is 11.0. The zero-order valence-electron chi connectivity index (χ0n) is 7.76. The van der Waals surface area contributed by atoms with Crippen molar-refractivity contribution < 1.29 is 0 Å². The lowest BCUT2D eigenvalue weighted by Crippen LogP contribution is -1.96. The van der Waals surface area contributed by atoms with Crippen molar-refractivity contribution in [2.24, 2.45) is 0 Å². The highest BCUT2D eigenvalue weighted by molar-refractivity contribution is 14.1. The Morgan fingerprint density at radius 2 is 2.33 bits per heavy atom. The number of allylic oxidation sites excluding steroid dienone is 1. The fourth-order valence-corrected chi connectivity index (χ4v) is 2.35. The number of rotatable bonds is 2. The second kappa shape index (κ2) is 4.27. The minimum atomic E-state index is 0.543. The summed E-state index contributed by atoms with van der Waals surface area (Å²) in [6, 6.07) is 6.13. The maximum absolute atomic E-state index is 5.80. The van der Waals surface area contributed by atoms with Crippen LogP contribution in [-0.2, 0) is 6.54 Å². The molecule has 0 saturated carbocycles. The van der Waals surface area contributed by atoms with Crippen molar-refractivity contribution >= 4 is 57.4 Å². The summed E-state index contributed by atoms with van der Waals surface area (Å²) >= 11 is 13.3. The summed E-state index contributed by atoms with van der Waals surface area (Å²) < 4.78 is 3.79. The van der Waals surface area contributed by atoms with Crippen molar-refractivity contribution in [2.75, 3.05) is 0 Å². The standard InChI is InChI=1S/C10H8ClIN2S/c1-6(11)5-14-9-3-2-7(12)4-8(9)13-10(14)15/h2-4H,1,5H2,(H,13,15). The summed E-state index contributed by atoms with van der Waals surface area (Å²) in [5.41, 5.74) is 2.09. The van der Waals surface area contributed by atoms with E-state index < -0.39 is 0 Å². The number of halogens is 2. The highest BCUT2D eigenvalue weighted by Crippen LogP contribution is 2.18. The van der Waals surface area contributed by atoms with E-state index >= 15 is 0 Å². The largest absolute Gasteiger partial charge is 0.331 e. The first-order chi connectivity index (χ1) is 7.08. The maximum atomic E-state index is 5.80. The molecule has 0 atom stereocenters. The van der Waals surface area contributed by atoms with E-state index in [1.807, 2.05) is 16.7 Å². The lowest BCUT2D eigenvalue weighted by Gasteiger charge is -2.01. The van der Waals surface area contributed by atoms with Gasteiger partial charge in [0.15, 0.2) is 4.77 Å². The van der Waals surface area contributed by atoms with E-state index in [2.05, 4.69) is 40.2 Å². The molecular weight excluding hydrogens is 343 g/mol. The van der Waals surface area contributed by atoms with Gasteiger partial charge in [-0.25, -0.2) is 0 Å². The highest BCUT2D eigenvalue weighted by atomic mass is 127. The van der Waals surface area contributed by atoms with Gasteiger partial charge >= 0.3 is 0 Å². The summed E-state index contributed by atoms with van der Waals surface area (Å²) in [5.74, 6) is 0. The number of nitrogens with one attached hydrogen (secondary N) is 1. The lowest BCUT2D eigenvalue weighted by molar-refractivity contribution is 0.825. The molecule has 0 unspecified atom stereocenters. The summed E-state index contributed by atoms with van der Waals surface area (Å²) in [6.07, 6.45) is 0. The van der Waals surface area contributed by atoms with Crippen LogP contribution in [0.25, 0.3) is 11.0 Å². The van der Waals surface area contributed by atoms with Crippen molar-refractivity contribution in [3.05, 3.63) is 38.2 Å². The third kappa shape index (κ3) is 2.26. The molecule has 0 fully saturated rings. The van der Waals surface area contributed by atoms with Gasteiger partial charge in [-0.2, -0.15) is 0 Å². The van der Waals surface area contributed by atoms with Gasteiger partial charge in [0, 0.05) is 8.60 Å². The summed E-state index contributed by atoms with van der Waals surface area (Å²) in [4.78, 5) is 3.15. The van der Waals surface area contributed by atoms with Crippen molar-refractivity contribution in [2.45, 2.75) is 6.54 Å². The van der Waals surface area contributed by atoms with Gasteiger partial charge in [0.25, 0.3) is 0 Å². The second-order valence-electron chi connectivity index (χ2n) is 3.20. The third-order valence-electron chi connectivity index (χ3n) is 2.07. The Labute approximate surface area is 111 Å². The highest BCUT2D eigenvalue weighted by Gasteiger charge is 2.04. The van der Waals surface area contributed by atoms with Crippen molar-refractivity contribution in [3.63, 3.8) is 0 Å². The smallest absolute Gasteiger partial charge is 0.178 e. The van der Waals surface area contributed by atoms with Gasteiger partial charge in [-0.1, -0.05) is 18.2 Å². The molecular formula is C10H8ClIN2S. The first kappa shape index (κ1) is 11.2. The fourth-order valence-electron chi connectivity index (χ4n) is 1.46. The molecule has 0 saturated heterocycles. The number of benzene rings is 1. The zero-order valence-corrected chi connectivity index (χ0v) is 11.5. The fraction of sp³-hybridized carbons (Fsp3) is 0.100. The molecule has 1 N–H and O–H groups in total. The number of aromatic amines is 1. The summed E-state index contributed by atoms with van der Waals surface area (Å²) in [6.45, 7) is 4.22. The van der Waals surface area contributed by atoms with Gasteiger partial charge in [0.2, 0.25) is 0 Å². The van der Waals surface area contributed by atoms with Crippen molar-refractivity contribution in [1.82, 2.24) is 9.55 Å². The molecule has 1 aromatic heterocycles. The topological polar surface area (TPSA) is 20.7 Å². The molecule has 2 nitrogen and oxygen atoms in total. The molecule has 15 heavy (non-hydrogen) atoms. The normalized spacial score (nSPS) is 10.8. The first-order valence-electron chi connectivity index (χ1n) is 4.29. The molecule has 0 amide bonds. The van der Waals surface area contributed by atoms with Crippen LogP contribution < -0.4 is 0 Å². The van der Waals surface area contributed by atoms with Crippen molar-refractivity contribution in [1.29, 1.82) is 0 Å². The van der Waals surface area contributed by atoms with Gasteiger partial charge in [0.05, 0.1) is 17.6 Å². The van der Waals surface area contributed by atoms with Crippen LogP contribution in [0.2, 0.25) is 0 Å². The van der Waals surface area contributed by atoms with Crippen LogP contribution in [0.3, 0.4) is 0 Å². The Morgan fingerprint density at radius 1 is 1.60 bits per heavy atom. The number of fused-ring (bicyclic) bond motifs is 1. The van der Waals surface area contributed by atoms with Crippen molar-refractivity contribution in [3.8, 4) is 0 Å². The summed E-state index contributed by atoms with van der Waals surface area (Å²) in [5, 5.41) is 0.575. The average molecular weight is 351 g/mol. The van der Waals surface area contributed by atoms with Crippen LogP contribution in [-0.4, -0.2) is 9.55 Å².